The van der Waals surface area contributed by atoms with E-state index < -0.39 is 5.97 Å². The second-order valence-electron chi connectivity index (χ2n) is 4.10. The molecule has 4 heteroatoms. The molecule has 0 aliphatic rings. The number of halogens is 1. The van der Waals surface area contributed by atoms with Crippen molar-refractivity contribution in [3.63, 3.8) is 0 Å². The van der Waals surface area contributed by atoms with Crippen LogP contribution in [0.25, 0.3) is 0 Å². The Morgan fingerprint density at radius 3 is 2.50 bits per heavy atom. The molecule has 1 heterocycles. The SMILES string of the molecule is CC(C)(C)c1cc(C(=O)O)ncc1Cl. The summed E-state index contributed by atoms with van der Waals surface area (Å²) in [5.41, 5.74) is 0.649. The summed E-state index contributed by atoms with van der Waals surface area (Å²) >= 11 is 5.93. The Morgan fingerprint density at radius 2 is 2.07 bits per heavy atom. The number of pyridine rings is 1. The van der Waals surface area contributed by atoms with Gasteiger partial charge >= 0.3 is 5.97 Å². The van der Waals surface area contributed by atoms with E-state index in [1.807, 2.05) is 20.8 Å². The van der Waals surface area contributed by atoms with Gasteiger partial charge in [0.15, 0.2) is 0 Å². The van der Waals surface area contributed by atoms with Gasteiger partial charge in [0.25, 0.3) is 0 Å². The van der Waals surface area contributed by atoms with E-state index in [-0.39, 0.29) is 11.1 Å². The molecule has 0 spiro atoms. The first-order valence-corrected chi connectivity index (χ1v) is 4.59. The lowest BCUT2D eigenvalue weighted by molar-refractivity contribution is 0.0690. The fraction of sp³-hybridized carbons (Fsp3) is 0.400. The second-order valence-corrected chi connectivity index (χ2v) is 4.51. The monoisotopic (exact) mass is 213 g/mol. The van der Waals surface area contributed by atoms with Crippen LogP contribution in [0.4, 0.5) is 0 Å². The summed E-state index contributed by atoms with van der Waals surface area (Å²) in [6.07, 6.45) is 1.38. The Labute approximate surface area is 87.7 Å². The highest BCUT2D eigenvalue weighted by atomic mass is 35.5. The van der Waals surface area contributed by atoms with Crippen LogP contribution in [-0.4, -0.2) is 16.1 Å². The summed E-state index contributed by atoms with van der Waals surface area (Å²) in [7, 11) is 0. The zero-order valence-corrected chi connectivity index (χ0v) is 9.09. The van der Waals surface area contributed by atoms with E-state index in [9.17, 15) is 4.79 Å². The van der Waals surface area contributed by atoms with Gasteiger partial charge in [-0.25, -0.2) is 9.78 Å². The average Bonchev–Trinajstić information content (AvgIpc) is 2.02. The summed E-state index contributed by atoms with van der Waals surface area (Å²) in [6.45, 7) is 5.92. The molecule has 0 saturated carbocycles. The van der Waals surface area contributed by atoms with Gasteiger partial charge in [-0.05, 0) is 17.0 Å². The summed E-state index contributed by atoms with van der Waals surface area (Å²) in [6, 6.07) is 1.52. The Bertz CT molecular complexity index is 369. The molecule has 0 atom stereocenters. The smallest absolute Gasteiger partial charge is 0.354 e. The summed E-state index contributed by atoms with van der Waals surface area (Å²) < 4.78 is 0. The van der Waals surface area contributed by atoms with Crippen LogP contribution in [0, 0.1) is 0 Å². The zero-order valence-electron chi connectivity index (χ0n) is 8.34. The number of aromatic nitrogens is 1. The third kappa shape index (κ3) is 2.23. The summed E-state index contributed by atoms with van der Waals surface area (Å²) in [4.78, 5) is 14.4. The molecule has 0 radical (unpaired) electrons. The molecule has 0 aromatic carbocycles. The Hall–Kier alpha value is -1.09. The highest BCUT2D eigenvalue weighted by Gasteiger charge is 2.19. The molecule has 3 nitrogen and oxygen atoms in total. The van der Waals surface area contributed by atoms with Crippen molar-refractivity contribution in [1.29, 1.82) is 0 Å². The molecule has 0 bridgehead atoms. The Kier molecular flexibility index (Phi) is 2.81. The van der Waals surface area contributed by atoms with Crippen molar-refractivity contribution < 1.29 is 9.90 Å². The predicted octanol–water partition coefficient (Wildman–Crippen LogP) is 2.73. The van der Waals surface area contributed by atoms with Gasteiger partial charge in [0.05, 0.1) is 5.02 Å². The van der Waals surface area contributed by atoms with E-state index in [4.69, 9.17) is 16.7 Å². The molecule has 1 rings (SSSR count). The first-order valence-electron chi connectivity index (χ1n) is 4.21. The number of carbonyl (C=O) groups is 1. The van der Waals surface area contributed by atoms with Gasteiger partial charge in [-0.3, -0.25) is 0 Å². The number of aromatic carboxylic acids is 1. The third-order valence-electron chi connectivity index (χ3n) is 1.88. The molecule has 0 aliphatic carbocycles. The predicted molar refractivity (Wildman–Crippen MR) is 54.9 cm³/mol. The molecule has 76 valence electrons. The highest BCUT2D eigenvalue weighted by molar-refractivity contribution is 6.31. The van der Waals surface area contributed by atoms with Crippen molar-refractivity contribution in [2.75, 3.05) is 0 Å². The van der Waals surface area contributed by atoms with E-state index in [1.54, 1.807) is 0 Å². The van der Waals surface area contributed by atoms with Crippen LogP contribution < -0.4 is 0 Å². The standard InChI is InChI=1S/C10H12ClNO2/c1-10(2,3)6-4-8(9(13)14)12-5-7(6)11/h4-5H,1-3H3,(H,13,14). The van der Waals surface area contributed by atoms with Crippen molar-refractivity contribution in [3.8, 4) is 0 Å². The Balaban J connectivity index is 3.29. The third-order valence-corrected chi connectivity index (χ3v) is 2.18. The normalized spacial score (nSPS) is 11.4. The van der Waals surface area contributed by atoms with Crippen LogP contribution in [0.5, 0.6) is 0 Å². The highest BCUT2D eigenvalue weighted by Crippen LogP contribution is 2.29. The molecule has 0 fully saturated rings. The molecule has 0 unspecified atom stereocenters. The lowest BCUT2D eigenvalue weighted by Gasteiger charge is -2.20. The van der Waals surface area contributed by atoms with Gasteiger partial charge in [0.1, 0.15) is 5.69 Å². The summed E-state index contributed by atoms with van der Waals surface area (Å²) in [5.74, 6) is -1.04. The molecular formula is C10H12ClNO2. The van der Waals surface area contributed by atoms with Crippen LogP contribution in [0.15, 0.2) is 12.3 Å². The number of carboxylic acids is 1. The largest absolute Gasteiger partial charge is 0.477 e. The van der Waals surface area contributed by atoms with Crippen molar-refractivity contribution >= 4 is 17.6 Å². The minimum atomic E-state index is -1.04. The molecule has 0 saturated heterocycles. The summed E-state index contributed by atoms with van der Waals surface area (Å²) in [5, 5.41) is 9.26. The first kappa shape index (κ1) is 11.0. The van der Waals surface area contributed by atoms with Crippen molar-refractivity contribution in [2.45, 2.75) is 26.2 Å². The Morgan fingerprint density at radius 1 is 1.50 bits per heavy atom. The molecule has 1 aromatic rings. The number of hydrogen-bond acceptors (Lipinski definition) is 2. The maximum Gasteiger partial charge on any atom is 0.354 e. The van der Waals surface area contributed by atoms with Crippen molar-refractivity contribution in [2.24, 2.45) is 0 Å². The number of hydrogen-bond donors (Lipinski definition) is 1. The average molecular weight is 214 g/mol. The van der Waals surface area contributed by atoms with E-state index >= 15 is 0 Å². The minimum Gasteiger partial charge on any atom is -0.477 e. The van der Waals surface area contributed by atoms with E-state index in [1.165, 1.54) is 12.3 Å². The lowest BCUT2D eigenvalue weighted by atomic mass is 9.87. The van der Waals surface area contributed by atoms with Gasteiger partial charge in [0, 0.05) is 6.20 Å². The zero-order chi connectivity index (χ0) is 10.9. The fourth-order valence-electron chi connectivity index (χ4n) is 1.13. The molecule has 1 aromatic heterocycles. The van der Waals surface area contributed by atoms with E-state index in [0.29, 0.717) is 5.02 Å². The van der Waals surface area contributed by atoms with Crippen LogP contribution in [0.2, 0.25) is 5.02 Å². The number of nitrogens with zero attached hydrogens (tertiary/aromatic N) is 1. The fourth-order valence-corrected chi connectivity index (χ4v) is 1.52. The topological polar surface area (TPSA) is 50.2 Å². The van der Waals surface area contributed by atoms with Crippen molar-refractivity contribution in [1.82, 2.24) is 4.98 Å². The quantitative estimate of drug-likeness (QED) is 0.781. The van der Waals surface area contributed by atoms with Gasteiger partial charge in [-0.1, -0.05) is 32.4 Å². The molecule has 0 aliphatic heterocycles. The minimum absolute atomic E-state index is 0.0272. The van der Waals surface area contributed by atoms with Crippen LogP contribution in [-0.2, 0) is 5.41 Å². The van der Waals surface area contributed by atoms with Gasteiger partial charge in [0.2, 0.25) is 0 Å². The van der Waals surface area contributed by atoms with Crippen LogP contribution in [0.1, 0.15) is 36.8 Å². The maximum absolute atomic E-state index is 10.7. The molecule has 1 N–H and O–H groups in total. The lowest BCUT2D eigenvalue weighted by Crippen LogP contribution is -2.14. The second kappa shape index (κ2) is 3.58. The van der Waals surface area contributed by atoms with E-state index in [0.717, 1.165) is 5.56 Å². The van der Waals surface area contributed by atoms with Crippen molar-refractivity contribution in [3.05, 3.63) is 28.5 Å². The van der Waals surface area contributed by atoms with Gasteiger partial charge in [-0.2, -0.15) is 0 Å². The maximum atomic E-state index is 10.7. The molecular weight excluding hydrogens is 202 g/mol. The van der Waals surface area contributed by atoms with Crippen LogP contribution in [0.3, 0.4) is 0 Å². The molecule has 0 amide bonds. The molecule has 14 heavy (non-hydrogen) atoms. The van der Waals surface area contributed by atoms with Gasteiger partial charge < -0.3 is 5.11 Å². The number of rotatable bonds is 1. The van der Waals surface area contributed by atoms with Gasteiger partial charge in [-0.15, -0.1) is 0 Å². The van der Waals surface area contributed by atoms with Crippen LogP contribution >= 0.6 is 11.6 Å². The number of carboxylic acid groups (broad SMARTS) is 1. The first-order chi connectivity index (χ1) is 6.32. The van der Waals surface area contributed by atoms with E-state index in [2.05, 4.69) is 4.98 Å².